The second kappa shape index (κ2) is 11.6. The van der Waals surface area contributed by atoms with Crippen molar-refractivity contribution >= 4 is 7.82 Å². The molecule has 17 nitrogen and oxygen atoms in total. The van der Waals surface area contributed by atoms with Crippen molar-refractivity contribution in [3.8, 4) is 0 Å². The van der Waals surface area contributed by atoms with Crippen molar-refractivity contribution < 1.29 is 38.2 Å². The third-order valence-corrected chi connectivity index (χ3v) is 7.13. The maximum absolute atomic E-state index is 12.5. The van der Waals surface area contributed by atoms with E-state index in [1.807, 2.05) is 0 Å². The van der Waals surface area contributed by atoms with Crippen molar-refractivity contribution in [1.29, 1.82) is 0 Å². The molecule has 2 fully saturated rings. The molecule has 2 aromatic rings. The van der Waals surface area contributed by atoms with E-state index in [0.29, 0.717) is 0 Å². The van der Waals surface area contributed by atoms with Crippen LogP contribution in [-0.4, -0.2) is 66.9 Å². The highest BCUT2D eigenvalue weighted by Crippen LogP contribution is 2.45. The molecule has 212 valence electrons. The second-order valence-corrected chi connectivity index (χ2v) is 10.2. The van der Waals surface area contributed by atoms with Crippen LogP contribution in [-0.2, 0) is 23.1 Å². The Morgan fingerprint density at radius 2 is 1.50 bits per heavy atom. The molecule has 0 radical (unpaired) electrons. The summed E-state index contributed by atoms with van der Waals surface area (Å²) in [5, 5.41) is 19.9. The maximum Gasteiger partial charge on any atom is 0.330 e. The fraction of sp³-hybridized carbons (Fsp3) is 0.600. The average Bonchev–Trinajstić information content (AvgIpc) is 3.39. The number of H-pyrrole nitrogens is 2. The van der Waals surface area contributed by atoms with E-state index in [0.717, 1.165) is 9.13 Å². The number of aromatic nitrogens is 4. The van der Waals surface area contributed by atoms with Gasteiger partial charge in [-0.3, -0.25) is 33.3 Å². The van der Waals surface area contributed by atoms with Crippen LogP contribution in [0.1, 0.15) is 36.4 Å². The van der Waals surface area contributed by atoms with E-state index in [1.165, 1.54) is 26.2 Å². The van der Waals surface area contributed by atoms with Crippen LogP contribution in [0.2, 0.25) is 0 Å². The molecule has 0 amide bonds. The number of hydrogen-bond acceptors (Lipinski definition) is 12. The molecule has 2 saturated heterocycles. The predicted octanol–water partition coefficient (Wildman–Crippen LogP) is -2.12. The molecular formula is C20H30N5O12P. The molecule has 2 aliphatic rings. The molecular weight excluding hydrogens is 533 g/mol. The lowest BCUT2D eigenvalue weighted by molar-refractivity contribution is -0.234. The minimum Gasteiger partial charge on any atom is -0.756 e. The molecule has 0 aliphatic carbocycles. The number of phosphoric ester groups is 1. The molecule has 1 unspecified atom stereocenters. The number of rotatable bonds is 8. The van der Waals surface area contributed by atoms with Gasteiger partial charge in [-0.25, -0.2) is 9.59 Å². The summed E-state index contributed by atoms with van der Waals surface area (Å²) < 4.78 is 35.7. The first-order valence-corrected chi connectivity index (χ1v) is 12.7. The highest BCUT2D eigenvalue weighted by molar-refractivity contribution is 7.45. The molecule has 2 aliphatic heterocycles. The fourth-order valence-electron chi connectivity index (χ4n) is 4.14. The van der Waals surface area contributed by atoms with Crippen molar-refractivity contribution in [2.75, 3.05) is 13.2 Å². The van der Waals surface area contributed by atoms with Crippen molar-refractivity contribution in [2.24, 2.45) is 0 Å². The molecule has 0 bridgehead atoms. The molecule has 18 heteroatoms. The van der Waals surface area contributed by atoms with Crippen LogP contribution in [0.4, 0.5) is 0 Å². The van der Waals surface area contributed by atoms with Crippen LogP contribution in [0.15, 0.2) is 31.6 Å². The first kappa shape index (κ1) is 29.8. The highest BCUT2D eigenvalue weighted by atomic mass is 31.2. The molecule has 4 rings (SSSR count). The Kier molecular flexibility index (Phi) is 9.08. The standard InChI is InChI=1S/C20H27N4O12P.H3N/c1-9-5-23(19(29)21-17(9)27)15-3-11(26)14(35-15)8-33-37(31,32)36-12-4-16(34-13(12)7-25)24-6-10(2)18(28)22-20(24)30;/h5-6,11-16,25-26H,3-4,7-8H2,1-2H3,(H,31,32)(H,21,27,29)(H,22,28,30);1H3/t11-,12-,13+,14+,15+,16+;/m0./s1. The average molecular weight is 563 g/mol. The summed E-state index contributed by atoms with van der Waals surface area (Å²) in [5.74, 6) is 0. The number of aliphatic hydroxyl groups excluding tert-OH is 2. The van der Waals surface area contributed by atoms with Crippen LogP contribution in [0.5, 0.6) is 0 Å². The molecule has 0 spiro atoms. The van der Waals surface area contributed by atoms with Crippen molar-refractivity contribution in [1.82, 2.24) is 25.3 Å². The normalized spacial score (nSPS) is 28.7. The summed E-state index contributed by atoms with van der Waals surface area (Å²) in [6.45, 7) is 1.68. The van der Waals surface area contributed by atoms with Gasteiger partial charge in [-0.1, -0.05) is 0 Å². The third-order valence-electron chi connectivity index (χ3n) is 6.14. The molecule has 0 aromatic carbocycles. The van der Waals surface area contributed by atoms with E-state index < -0.39 is 80.4 Å². The van der Waals surface area contributed by atoms with Crippen LogP contribution in [0, 0.1) is 13.8 Å². The van der Waals surface area contributed by atoms with Gasteiger partial charge in [0.2, 0.25) is 0 Å². The predicted molar refractivity (Wildman–Crippen MR) is 127 cm³/mol. The van der Waals surface area contributed by atoms with Crippen molar-refractivity contribution in [3.05, 3.63) is 65.2 Å². The monoisotopic (exact) mass is 563 g/mol. The van der Waals surface area contributed by atoms with Gasteiger partial charge >= 0.3 is 11.4 Å². The zero-order valence-electron chi connectivity index (χ0n) is 20.8. The topological polar surface area (TPSA) is 264 Å². The maximum atomic E-state index is 12.5. The number of phosphoric acid groups is 1. The first-order chi connectivity index (χ1) is 17.4. The number of ether oxygens (including phenoxy) is 2. The number of nitrogens with zero attached hydrogens (tertiary/aromatic N) is 2. The summed E-state index contributed by atoms with van der Waals surface area (Å²) in [7, 11) is -5.03. The Hall–Kier alpha value is -2.73. The molecule has 0 saturated carbocycles. The van der Waals surface area contributed by atoms with E-state index in [4.69, 9.17) is 18.5 Å². The molecule has 7 atom stereocenters. The summed E-state index contributed by atoms with van der Waals surface area (Å²) in [6, 6.07) is 0. The molecule has 38 heavy (non-hydrogen) atoms. The van der Waals surface area contributed by atoms with Gasteiger partial charge in [0, 0.05) is 36.4 Å². The van der Waals surface area contributed by atoms with Gasteiger partial charge in [0.1, 0.15) is 24.7 Å². The Bertz CT molecular complexity index is 1430. The van der Waals surface area contributed by atoms with Crippen LogP contribution >= 0.6 is 7.82 Å². The minimum absolute atomic E-state index is 0. The molecule has 4 heterocycles. The van der Waals surface area contributed by atoms with Gasteiger partial charge in [-0.15, -0.1) is 0 Å². The van der Waals surface area contributed by atoms with Crippen LogP contribution in [0.3, 0.4) is 0 Å². The van der Waals surface area contributed by atoms with Crippen LogP contribution in [0.25, 0.3) is 0 Å². The van der Waals surface area contributed by atoms with Crippen molar-refractivity contribution in [3.63, 3.8) is 0 Å². The smallest absolute Gasteiger partial charge is 0.330 e. The number of aryl methyl sites for hydroxylation is 2. The fourth-order valence-corrected chi connectivity index (χ4v) is 5.09. The molecule has 8 N–H and O–H groups in total. The van der Waals surface area contributed by atoms with E-state index in [9.17, 15) is 38.8 Å². The summed E-state index contributed by atoms with van der Waals surface area (Å²) >= 11 is 0. The van der Waals surface area contributed by atoms with E-state index in [1.54, 1.807) is 0 Å². The van der Waals surface area contributed by atoms with Gasteiger partial charge in [0.15, 0.2) is 0 Å². The Labute approximate surface area is 213 Å². The third kappa shape index (κ3) is 6.28. The summed E-state index contributed by atoms with van der Waals surface area (Å²) in [5.41, 5.74) is -2.22. The highest BCUT2D eigenvalue weighted by Gasteiger charge is 2.41. The van der Waals surface area contributed by atoms with Gasteiger partial charge < -0.3 is 39.8 Å². The van der Waals surface area contributed by atoms with Gasteiger partial charge in [-0.05, 0) is 13.8 Å². The zero-order chi connectivity index (χ0) is 27.1. The number of quaternary nitrogens is 1. The van der Waals surface area contributed by atoms with Gasteiger partial charge in [-0.2, -0.15) is 0 Å². The Morgan fingerprint density at radius 3 is 2.03 bits per heavy atom. The SMILES string of the molecule is Cc1cn([C@H]2C[C@H](OP(=O)([O-])OC[C@H]3O[C@@H](n4cc(C)c(=O)[nH]c4=O)C[C@@H]3O)[C@@H](CO)O2)c(=O)[nH]c1=O.[NH4+]. The number of aromatic amines is 2. The summed E-state index contributed by atoms with van der Waals surface area (Å²) in [4.78, 5) is 64.1. The van der Waals surface area contributed by atoms with E-state index in [2.05, 4.69) is 9.97 Å². The largest absolute Gasteiger partial charge is 0.756 e. The number of aliphatic hydroxyl groups is 2. The number of hydrogen-bond donors (Lipinski definition) is 5. The lowest BCUT2D eigenvalue weighted by Gasteiger charge is -2.29. The minimum atomic E-state index is -5.03. The Balaban J connectivity index is 0.00000400. The van der Waals surface area contributed by atoms with Gasteiger partial charge in [0.05, 0.1) is 25.4 Å². The second-order valence-electron chi connectivity index (χ2n) is 8.82. The first-order valence-electron chi connectivity index (χ1n) is 11.3. The Morgan fingerprint density at radius 1 is 1.00 bits per heavy atom. The zero-order valence-corrected chi connectivity index (χ0v) is 21.7. The lowest BCUT2D eigenvalue weighted by Crippen LogP contribution is -2.33. The number of nitrogens with one attached hydrogen (secondary N) is 2. The molecule has 2 aromatic heterocycles. The van der Waals surface area contributed by atoms with E-state index >= 15 is 0 Å². The van der Waals surface area contributed by atoms with Crippen LogP contribution < -0.4 is 33.5 Å². The quantitative estimate of drug-likeness (QED) is 0.216. The van der Waals surface area contributed by atoms with Gasteiger partial charge in [0.25, 0.3) is 18.9 Å². The summed E-state index contributed by atoms with van der Waals surface area (Å²) in [6.07, 6.45) is -4.38. The van der Waals surface area contributed by atoms with Crippen molar-refractivity contribution in [2.45, 2.75) is 63.6 Å². The van der Waals surface area contributed by atoms with E-state index in [-0.39, 0.29) is 30.1 Å². The lowest BCUT2D eigenvalue weighted by atomic mass is 10.2.